The lowest BCUT2D eigenvalue weighted by Crippen LogP contribution is -2.17. The van der Waals surface area contributed by atoms with E-state index < -0.39 is 9.84 Å². The Labute approximate surface area is 156 Å². The lowest BCUT2D eigenvalue weighted by atomic mass is 10.0. The molecule has 1 aliphatic heterocycles. The molecule has 1 aromatic heterocycles. The predicted octanol–water partition coefficient (Wildman–Crippen LogP) is 3.29. The minimum absolute atomic E-state index is 0.0255. The molecule has 0 unspecified atom stereocenters. The Kier molecular flexibility index (Phi) is 5.50. The lowest BCUT2D eigenvalue weighted by Gasteiger charge is -2.07. The summed E-state index contributed by atoms with van der Waals surface area (Å²) in [6.07, 6.45) is 0.633. The van der Waals surface area contributed by atoms with Gasteiger partial charge in [0, 0.05) is 16.2 Å². The van der Waals surface area contributed by atoms with Crippen LogP contribution in [0.25, 0.3) is 11.3 Å². The van der Waals surface area contributed by atoms with Crippen molar-refractivity contribution in [3.05, 3.63) is 34.7 Å². The molecule has 8 heteroatoms. The van der Waals surface area contributed by atoms with Crippen LogP contribution in [0.1, 0.15) is 17.5 Å². The van der Waals surface area contributed by atoms with E-state index >= 15 is 0 Å². The zero-order valence-corrected chi connectivity index (χ0v) is 16.6. The highest BCUT2D eigenvalue weighted by atomic mass is 32.2. The fraction of sp³-hybridized carbons (Fsp3) is 0.412. The number of thioether (sulfide) groups is 1. The fourth-order valence-corrected chi connectivity index (χ4v) is 6.88. The molecule has 1 N–H and O–H groups in total. The number of amides is 1. The number of thiazole rings is 1. The second kappa shape index (κ2) is 7.47. The molecule has 1 saturated heterocycles. The molecule has 134 valence electrons. The average molecular weight is 397 g/mol. The smallest absolute Gasteiger partial charge is 0.236 e. The third kappa shape index (κ3) is 4.83. The largest absolute Gasteiger partial charge is 0.301 e. The molecular formula is C17H20N2O3S3. The molecule has 25 heavy (non-hydrogen) atoms. The van der Waals surface area contributed by atoms with Crippen molar-refractivity contribution in [2.45, 2.75) is 25.5 Å². The third-order valence-electron chi connectivity index (χ3n) is 4.06. The van der Waals surface area contributed by atoms with Crippen molar-refractivity contribution in [3.8, 4) is 11.3 Å². The number of rotatable bonds is 5. The number of benzene rings is 1. The number of carbonyl (C=O) groups excluding carboxylic acids is 1. The summed E-state index contributed by atoms with van der Waals surface area (Å²) in [6.45, 7) is 4.08. The van der Waals surface area contributed by atoms with Crippen LogP contribution >= 0.6 is 23.1 Å². The highest BCUT2D eigenvalue weighted by molar-refractivity contribution is 8.02. The first-order valence-electron chi connectivity index (χ1n) is 7.97. The van der Waals surface area contributed by atoms with Crippen molar-refractivity contribution >= 4 is 44.0 Å². The Morgan fingerprint density at radius 2 is 2.20 bits per heavy atom. The molecule has 1 atom stereocenters. The average Bonchev–Trinajstić information content (AvgIpc) is 3.14. The maximum atomic E-state index is 12.1. The minimum Gasteiger partial charge on any atom is -0.301 e. The number of sulfone groups is 1. The number of hydrogen-bond donors (Lipinski definition) is 1. The van der Waals surface area contributed by atoms with Crippen LogP contribution in [0.4, 0.5) is 5.13 Å². The van der Waals surface area contributed by atoms with Crippen LogP contribution in [0, 0.1) is 13.8 Å². The molecule has 0 bridgehead atoms. The Morgan fingerprint density at radius 1 is 1.40 bits per heavy atom. The van der Waals surface area contributed by atoms with Gasteiger partial charge in [0.15, 0.2) is 15.0 Å². The number of anilines is 1. The number of hydrogen-bond acceptors (Lipinski definition) is 6. The highest BCUT2D eigenvalue weighted by Crippen LogP contribution is 2.29. The SMILES string of the molecule is Cc1ccc(C)c(-c2csc(NC(=O)CS[C@H]3CCS(=O)(=O)C3)n2)c1. The highest BCUT2D eigenvalue weighted by Gasteiger charge is 2.28. The normalized spacial score (nSPS) is 19.0. The molecule has 0 radical (unpaired) electrons. The molecule has 1 aromatic carbocycles. The van der Waals surface area contributed by atoms with E-state index in [4.69, 9.17) is 0 Å². The molecule has 2 heterocycles. The second-order valence-electron chi connectivity index (χ2n) is 6.24. The van der Waals surface area contributed by atoms with Crippen LogP contribution in [0.3, 0.4) is 0 Å². The summed E-state index contributed by atoms with van der Waals surface area (Å²) in [5.41, 5.74) is 4.24. The second-order valence-corrected chi connectivity index (χ2v) is 10.6. The molecule has 0 saturated carbocycles. The third-order valence-corrected chi connectivity index (χ3v) is 8.10. The summed E-state index contributed by atoms with van der Waals surface area (Å²) < 4.78 is 22.9. The van der Waals surface area contributed by atoms with Gasteiger partial charge in [-0.05, 0) is 31.9 Å². The van der Waals surface area contributed by atoms with E-state index in [0.717, 1.165) is 16.8 Å². The van der Waals surface area contributed by atoms with Crippen molar-refractivity contribution in [3.63, 3.8) is 0 Å². The van der Waals surface area contributed by atoms with Gasteiger partial charge in [-0.25, -0.2) is 13.4 Å². The van der Waals surface area contributed by atoms with Gasteiger partial charge >= 0.3 is 0 Å². The number of aryl methyl sites for hydroxylation is 2. The summed E-state index contributed by atoms with van der Waals surface area (Å²) in [5, 5.41) is 5.34. The molecule has 3 rings (SSSR count). The van der Waals surface area contributed by atoms with E-state index in [2.05, 4.69) is 28.5 Å². The molecule has 0 spiro atoms. The van der Waals surface area contributed by atoms with E-state index in [1.807, 2.05) is 19.2 Å². The standard InChI is InChI=1S/C17H20N2O3S3/c1-11-3-4-12(2)14(7-11)15-8-24-17(18-15)19-16(20)9-23-13-5-6-25(21,22)10-13/h3-4,7-8,13H,5-6,9-10H2,1-2H3,(H,18,19,20)/t13-/m0/s1. The van der Waals surface area contributed by atoms with Crippen LogP contribution in [-0.4, -0.2) is 41.8 Å². The predicted molar refractivity (Wildman–Crippen MR) is 105 cm³/mol. The van der Waals surface area contributed by atoms with Gasteiger partial charge in [-0.1, -0.05) is 17.7 Å². The molecule has 1 fully saturated rings. The van der Waals surface area contributed by atoms with Crippen LogP contribution in [0.2, 0.25) is 0 Å². The van der Waals surface area contributed by atoms with Crippen molar-refractivity contribution in [2.75, 3.05) is 22.6 Å². The molecule has 2 aromatic rings. The fourth-order valence-electron chi connectivity index (χ4n) is 2.71. The van der Waals surface area contributed by atoms with Crippen LogP contribution in [-0.2, 0) is 14.6 Å². The van der Waals surface area contributed by atoms with Crippen LogP contribution in [0.5, 0.6) is 0 Å². The Morgan fingerprint density at radius 3 is 2.92 bits per heavy atom. The summed E-state index contributed by atoms with van der Waals surface area (Å²) in [7, 11) is -2.90. The topological polar surface area (TPSA) is 76.1 Å². The van der Waals surface area contributed by atoms with Gasteiger partial charge in [-0.2, -0.15) is 0 Å². The van der Waals surface area contributed by atoms with Crippen molar-refractivity contribution in [1.82, 2.24) is 4.98 Å². The van der Waals surface area contributed by atoms with Gasteiger partial charge < -0.3 is 5.32 Å². The molecule has 5 nitrogen and oxygen atoms in total. The zero-order valence-electron chi connectivity index (χ0n) is 14.1. The van der Waals surface area contributed by atoms with E-state index in [1.54, 1.807) is 0 Å². The van der Waals surface area contributed by atoms with Crippen molar-refractivity contribution in [1.29, 1.82) is 0 Å². The van der Waals surface area contributed by atoms with Crippen molar-refractivity contribution in [2.24, 2.45) is 0 Å². The first kappa shape index (κ1) is 18.4. The molecule has 1 amide bonds. The minimum atomic E-state index is -2.90. The van der Waals surface area contributed by atoms with E-state index in [1.165, 1.54) is 28.7 Å². The maximum Gasteiger partial charge on any atom is 0.236 e. The van der Waals surface area contributed by atoms with Crippen molar-refractivity contribution < 1.29 is 13.2 Å². The summed E-state index contributed by atoms with van der Waals surface area (Å²) >= 11 is 2.80. The van der Waals surface area contributed by atoms with Gasteiger partial charge in [0.2, 0.25) is 5.91 Å². The Hall–Kier alpha value is -1.38. The molecule has 1 aliphatic rings. The number of nitrogens with zero attached hydrogens (tertiary/aromatic N) is 1. The van der Waals surface area contributed by atoms with Gasteiger partial charge in [-0.3, -0.25) is 4.79 Å². The zero-order chi connectivity index (χ0) is 18.0. The van der Waals surface area contributed by atoms with Crippen LogP contribution < -0.4 is 5.32 Å². The number of nitrogens with one attached hydrogen (secondary N) is 1. The number of aromatic nitrogens is 1. The summed E-state index contributed by atoms with van der Waals surface area (Å²) in [6, 6.07) is 6.22. The van der Waals surface area contributed by atoms with Gasteiger partial charge in [0.05, 0.1) is 23.0 Å². The van der Waals surface area contributed by atoms with E-state index in [9.17, 15) is 13.2 Å². The quantitative estimate of drug-likeness (QED) is 0.839. The maximum absolute atomic E-state index is 12.1. The first-order valence-corrected chi connectivity index (χ1v) is 11.7. The van der Waals surface area contributed by atoms with Gasteiger partial charge in [0.25, 0.3) is 0 Å². The summed E-state index contributed by atoms with van der Waals surface area (Å²) in [5.74, 6) is 0.520. The Bertz CT molecular complexity index is 890. The van der Waals surface area contributed by atoms with Gasteiger partial charge in [-0.15, -0.1) is 23.1 Å². The first-order chi connectivity index (χ1) is 11.8. The summed E-state index contributed by atoms with van der Waals surface area (Å²) in [4.78, 5) is 16.6. The monoisotopic (exact) mass is 396 g/mol. The van der Waals surface area contributed by atoms with Gasteiger partial charge in [0.1, 0.15) is 0 Å². The Balaban J connectivity index is 1.58. The molecule has 0 aliphatic carbocycles. The lowest BCUT2D eigenvalue weighted by molar-refractivity contribution is -0.113. The van der Waals surface area contributed by atoms with E-state index in [0.29, 0.717) is 11.6 Å². The number of carbonyl (C=O) groups is 1. The molecular weight excluding hydrogens is 376 g/mol. The van der Waals surface area contributed by atoms with E-state index in [-0.39, 0.29) is 28.4 Å². The van der Waals surface area contributed by atoms with Crippen LogP contribution in [0.15, 0.2) is 23.6 Å².